The van der Waals surface area contributed by atoms with Gasteiger partial charge >= 0.3 is 0 Å². The summed E-state index contributed by atoms with van der Waals surface area (Å²) >= 11 is 1.87. The summed E-state index contributed by atoms with van der Waals surface area (Å²) in [6.07, 6.45) is 0. The molecule has 0 fully saturated rings. The van der Waals surface area contributed by atoms with Gasteiger partial charge in [-0.3, -0.25) is 0 Å². The number of thioether (sulfide) groups is 1. The third kappa shape index (κ3) is 4.01. The normalized spacial score (nSPS) is 10.8. The van der Waals surface area contributed by atoms with Crippen molar-refractivity contribution in [1.29, 1.82) is 0 Å². The molecule has 0 saturated carbocycles. The van der Waals surface area contributed by atoms with Gasteiger partial charge in [-0.2, -0.15) is 0 Å². The molecule has 0 saturated heterocycles. The second kappa shape index (κ2) is 7.59. The van der Waals surface area contributed by atoms with Gasteiger partial charge in [-0.15, -0.1) is 11.8 Å². The molecule has 0 radical (unpaired) electrons. The van der Waals surface area contributed by atoms with Gasteiger partial charge in [0.15, 0.2) is 0 Å². The van der Waals surface area contributed by atoms with Crippen LogP contribution >= 0.6 is 11.8 Å². The van der Waals surface area contributed by atoms with E-state index in [0.717, 1.165) is 5.75 Å². The molecule has 0 spiro atoms. The highest BCUT2D eigenvalue weighted by Gasteiger charge is 2.16. The SMILES string of the molecule is COc1ccc(SC(c2ccc(C)cc2)c2ccc(C)cc2)cc1. The average molecular weight is 334 g/mol. The van der Waals surface area contributed by atoms with Crippen LogP contribution in [0.1, 0.15) is 27.5 Å². The van der Waals surface area contributed by atoms with Crippen LogP contribution < -0.4 is 4.74 Å². The summed E-state index contributed by atoms with van der Waals surface area (Å²) in [7, 11) is 1.70. The number of aryl methyl sites for hydroxylation is 2. The molecule has 3 aromatic carbocycles. The van der Waals surface area contributed by atoms with Crippen molar-refractivity contribution in [2.24, 2.45) is 0 Å². The summed E-state index contributed by atoms with van der Waals surface area (Å²) in [5.41, 5.74) is 5.22. The van der Waals surface area contributed by atoms with Crippen molar-refractivity contribution >= 4 is 11.8 Å². The van der Waals surface area contributed by atoms with Crippen LogP contribution in [-0.2, 0) is 0 Å². The first-order valence-corrected chi connectivity index (χ1v) is 8.97. The minimum atomic E-state index is 0.277. The van der Waals surface area contributed by atoms with Crippen LogP contribution in [-0.4, -0.2) is 7.11 Å². The lowest BCUT2D eigenvalue weighted by Gasteiger charge is -2.18. The molecule has 0 amide bonds. The van der Waals surface area contributed by atoms with E-state index in [4.69, 9.17) is 4.74 Å². The molecule has 0 unspecified atom stereocenters. The standard InChI is InChI=1S/C22H22OS/c1-16-4-8-18(9-5-16)22(19-10-6-17(2)7-11-19)24-21-14-12-20(23-3)13-15-21/h4-15,22H,1-3H3. The zero-order valence-corrected chi connectivity index (χ0v) is 15.1. The van der Waals surface area contributed by atoms with Crippen molar-refractivity contribution in [3.05, 3.63) is 95.1 Å². The fourth-order valence-electron chi connectivity index (χ4n) is 2.60. The van der Waals surface area contributed by atoms with Crippen LogP contribution in [0.15, 0.2) is 77.7 Å². The third-order valence-corrected chi connectivity index (χ3v) is 5.40. The highest BCUT2D eigenvalue weighted by Crippen LogP contribution is 2.41. The Labute approximate surface area is 148 Å². The van der Waals surface area contributed by atoms with Crippen molar-refractivity contribution in [1.82, 2.24) is 0 Å². The van der Waals surface area contributed by atoms with E-state index in [9.17, 15) is 0 Å². The Balaban J connectivity index is 1.94. The lowest BCUT2D eigenvalue weighted by atomic mass is 10.0. The molecule has 0 N–H and O–H groups in total. The predicted octanol–water partition coefficient (Wildman–Crippen LogP) is 6.19. The quantitative estimate of drug-likeness (QED) is 0.514. The van der Waals surface area contributed by atoms with E-state index in [-0.39, 0.29) is 5.25 Å². The van der Waals surface area contributed by atoms with E-state index in [0.29, 0.717) is 0 Å². The number of ether oxygens (including phenoxy) is 1. The van der Waals surface area contributed by atoms with Crippen LogP contribution in [0, 0.1) is 13.8 Å². The van der Waals surface area contributed by atoms with Crippen LogP contribution in [0.4, 0.5) is 0 Å². The topological polar surface area (TPSA) is 9.23 Å². The minimum absolute atomic E-state index is 0.277. The minimum Gasteiger partial charge on any atom is -0.497 e. The molecule has 3 rings (SSSR count). The third-order valence-electron chi connectivity index (χ3n) is 4.07. The Morgan fingerprint density at radius 2 is 1.12 bits per heavy atom. The highest BCUT2D eigenvalue weighted by molar-refractivity contribution is 7.99. The predicted molar refractivity (Wildman–Crippen MR) is 103 cm³/mol. The summed E-state index contributed by atoms with van der Waals surface area (Å²) in [5, 5.41) is 0.277. The van der Waals surface area contributed by atoms with Crippen molar-refractivity contribution in [3.8, 4) is 5.75 Å². The van der Waals surface area contributed by atoms with Crippen LogP contribution in [0.3, 0.4) is 0 Å². The molecular formula is C22H22OS. The molecule has 0 aromatic heterocycles. The van der Waals surface area contributed by atoms with E-state index in [2.05, 4.69) is 74.5 Å². The molecule has 0 aliphatic carbocycles. The molecule has 24 heavy (non-hydrogen) atoms. The smallest absolute Gasteiger partial charge is 0.118 e. The summed E-state index contributed by atoms with van der Waals surface area (Å²) in [6, 6.07) is 26.0. The Bertz CT molecular complexity index is 728. The van der Waals surface area contributed by atoms with Crippen LogP contribution in [0.5, 0.6) is 5.75 Å². The number of benzene rings is 3. The molecular weight excluding hydrogens is 312 g/mol. The van der Waals surface area contributed by atoms with Crippen molar-refractivity contribution in [2.75, 3.05) is 7.11 Å². The van der Waals surface area contributed by atoms with Gasteiger partial charge in [0.25, 0.3) is 0 Å². The van der Waals surface area contributed by atoms with Gasteiger partial charge in [0.1, 0.15) is 5.75 Å². The summed E-state index contributed by atoms with van der Waals surface area (Å²) < 4.78 is 5.26. The fourth-order valence-corrected chi connectivity index (χ4v) is 3.75. The largest absolute Gasteiger partial charge is 0.497 e. The van der Waals surface area contributed by atoms with E-state index >= 15 is 0 Å². The van der Waals surface area contributed by atoms with E-state index < -0.39 is 0 Å². The Morgan fingerprint density at radius 3 is 1.54 bits per heavy atom. The molecule has 0 aliphatic rings. The van der Waals surface area contributed by atoms with Gasteiger partial charge in [-0.05, 0) is 49.2 Å². The number of hydrogen-bond acceptors (Lipinski definition) is 2. The van der Waals surface area contributed by atoms with E-state index in [1.807, 2.05) is 23.9 Å². The van der Waals surface area contributed by atoms with Crippen molar-refractivity contribution in [3.63, 3.8) is 0 Å². The molecule has 2 heteroatoms. The first kappa shape index (κ1) is 16.7. The van der Waals surface area contributed by atoms with Gasteiger partial charge < -0.3 is 4.74 Å². The Kier molecular flexibility index (Phi) is 5.27. The van der Waals surface area contributed by atoms with Crippen LogP contribution in [0.25, 0.3) is 0 Å². The fraction of sp³-hybridized carbons (Fsp3) is 0.182. The number of methoxy groups -OCH3 is 1. The molecule has 3 aromatic rings. The van der Waals surface area contributed by atoms with Gasteiger partial charge in [-0.1, -0.05) is 59.7 Å². The lowest BCUT2D eigenvalue weighted by Crippen LogP contribution is -1.97. The zero-order chi connectivity index (χ0) is 16.9. The summed E-state index contributed by atoms with van der Waals surface area (Å²) in [4.78, 5) is 1.24. The van der Waals surface area contributed by atoms with E-state index in [1.165, 1.54) is 27.1 Å². The lowest BCUT2D eigenvalue weighted by molar-refractivity contribution is 0.414. The van der Waals surface area contributed by atoms with Crippen LogP contribution in [0.2, 0.25) is 0 Å². The maximum absolute atomic E-state index is 5.26. The molecule has 122 valence electrons. The van der Waals surface area contributed by atoms with Gasteiger partial charge in [0.2, 0.25) is 0 Å². The molecule has 0 heterocycles. The molecule has 1 nitrogen and oxygen atoms in total. The molecule has 0 bridgehead atoms. The monoisotopic (exact) mass is 334 g/mol. The van der Waals surface area contributed by atoms with Crippen molar-refractivity contribution in [2.45, 2.75) is 24.0 Å². The van der Waals surface area contributed by atoms with Gasteiger partial charge in [-0.25, -0.2) is 0 Å². The Hall–Kier alpha value is -2.19. The summed E-state index contributed by atoms with van der Waals surface area (Å²) in [5.74, 6) is 0.890. The van der Waals surface area contributed by atoms with Gasteiger partial charge in [0, 0.05) is 4.90 Å². The second-order valence-electron chi connectivity index (χ2n) is 5.99. The second-order valence-corrected chi connectivity index (χ2v) is 7.17. The maximum Gasteiger partial charge on any atom is 0.118 e. The number of rotatable bonds is 5. The first-order valence-electron chi connectivity index (χ1n) is 8.09. The van der Waals surface area contributed by atoms with Crippen molar-refractivity contribution < 1.29 is 4.74 Å². The average Bonchev–Trinajstić information content (AvgIpc) is 2.62. The molecule has 0 atom stereocenters. The first-order chi connectivity index (χ1) is 11.7. The maximum atomic E-state index is 5.26. The highest BCUT2D eigenvalue weighted by atomic mass is 32.2. The zero-order valence-electron chi connectivity index (χ0n) is 14.3. The molecule has 0 aliphatic heterocycles. The van der Waals surface area contributed by atoms with E-state index in [1.54, 1.807) is 7.11 Å². The number of hydrogen-bond donors (Lipinski definition) is 0. The Morgan fingerprint density at radius 1 is 0.667 bits per heavy atom. The van der Waals surface area contributed by atoms with Gasteiger partial charge in [0.05, 0.1) is 12.4 Å². The summed E-state index contributed by atoms with van der Waals surface area (Å²) in [6.45, 7) is 4.25.